The maximum absolute atomic E-state index is 10.2. The Labute approximate surface area is 58.7 Å². The second kappa shape index (κ2) is 1.60. The van der Waals surface area contributed by atoms with Gasteiger partial charge < -0.3 is 0 Å². The maximum atomic E-state index is 10.2. The fourth-order valence-electron chi connectivity index (χ4n) is 1.51. The van der Waals surface area contributed by atoms with E-state index < -0.39 is 0 Å². The number of rotatable bonds is 1. The predicted octanol–water partition coefficient (Wildman–Crippen LogP) is 1.72. The number of halogens is 1. The van der Waals surface area contributed by atoms with Gasteiger partial charge in [0.25, 0.3) is 0 Å². The zero-order valence-corrected chi connectivity index (χ0v) is 5.69. The van der Waals surface area contributed by atoms with Crippen LogP contribution in [0.5, 0.6) is 0 Å². The van der Waals surface area contributed by atoms with Crippen molar-refractivity contribution in [2.24, 2.45) is 11.8 Å². The van der Waals surface area contributed by atoms with Crippen LogP contribution in [0, 0.1) is 11.8 Å². The average Bonchev–Trinajstić information content (AvgIpc) is 2.55. The van der Waals surface area contributed by atoms with Gasteiger partial charge in [0.15, 0.2) is 0 Å². The van der Waals surface area contributed by atoms with Crippen molar-refractivity contribution in [1.29, 1.82) is 0 Å². The lowest BCUT2D eigenvalue weighted by atomic mass is 10.2. The van der Waals surface area contributed by atoms with Gasteiger partial charge in [-0.05, 0) is 24.7 Å². The number of hydrogen-bond donors (Lipinski definition) is 0. The molecule has 0 spiro atoms. The van der Waals surface area contributed by atoms with Gasteiger partial charge >= 0.3 is 0 Å². The molecule has 0 N–H and O–H groups in total. The highest BCUT2D eigenvalue weighted by molar-refractivity contribution is 6.32. The summed E-state index contributed by atoms with van der Waals surface area (Å²) in [6.07, 6.45) is 3.05. The van der Waals surface area contributed by atoms with Crippen LogP contribution in [-0.4, -0.2) is 6.29 Å². The smallest absolute Gasteiger partial charge is 0.147 e. The Morgan fingerprint density at radius 1 is 1.67 bits per heavy atom. The Bertz CT molecular complexity index is 195. The lowest BCUT2D eigenvalue weighted by molar-refractivity contribution is -0.105. The zero-order chi connectivity index (χ0) is 6.43. The molecule has 0 radical (unpaired) electrons. The van der Waals surface area contributed by atoms with Crippen LogP contribution in [0.15, 0.2) is 10.6 Å². The molecule has 2 heteroatoms. The number of carbonyl (C=O) groups excluding carboxylic acids is 1. The molecule has 1 nitrogen and oxygen atoms in total. The monoisotopic (exact) mass is 142 g/mol. The summed E-state index contributed by atoms with van der Waals surface area (Å²) < 4.78 is 0. The van der Waals surface area contributed by atoms with Crippen LogP contribution in [-0.2, 0) is 4.79 Å². The van der Waals surface area contributed by atoms with Gasteiger partial charge in [0, 0.05) is 10.6 Å². The lowest BCUT2D eigenvalue weighted by Crippen LogP contribution is -1.83. The standard InChI is InChI=1S/C7H7ClO/c8-7-5(3-9)1-4-2-6(4)7/h3-4,6H,1-2H2. The zero-order valence-electron chi connectivity index (χ0n) is 4.93. The van der Waals surface area contributed by atoms with Crippen LogP contribution < -0.4 is 0 Å². The summed E-state index contributed by atoms with van der Waals surface area (Å²) in [6.45, 7) is 0. The Kier molecular flexibility index (Phi) is 0.974. The van der Waals surface area contributed by atoms with E-state index in [9.17, 15) is 4.79 Å². The molecule has 0 amide bonds. The molecule has 0 bridgehead atoms. The summed E-state index contributed by atoms with van der Waals surface area (Å²) in [5.74, 6) is 1.31. The third-order valence-electron chi connectivity index (χ3n) is 2.18. The summed E-state index contributed by atoms with van der Waals surface area (Å²) in [5.41, 5.74) is 0.845. The Morgan fingerprint density at radius 2 is 2.44 bits per heavy atom. The topological polar surface area (TPSA) is 17.1 Å². The number of allylic oxidation sites excluding steroid dienone is 2. The van der Waals surface area contributed by atoms with E-state index in [2.05, 4.69) is 0 Å². The van der Waals surface area contributed by atoms with Gasteiger partial charge in [0.1, 0.15) is 6.29 Å². The van der Waals surface area contributed by atoms with E-state index in [1.54, 1.807) is 0 Å². The first kappa shape index (κ1) is 5.48. The number of carbonyl (C=O) groups is 1. The summed E-state index contributed by atoms with van der Waals surface area (Å²) in [7, 11) is 0. The molecule has 48 valence electrons. The highest BCUT2D eigenvalue weighted by Gasteiger charge is 2.45. The van der Waals surface area contributed by atoms with Gasteiger partial charge in [-0.25, -0.2) is 0 Å². The maximum Gasteiger partial charge on any atom is 0.147 e. The second-order valence-corrected chi connectivity index (χ2v) is 3.20. The van der Waals surface area contributed by atoms with Gasteiger partial charge in [-0.1, -0.05) is 11.6 Å². The summed E-state index contributed by atoms with van der Waals surface area (Å²) >= 11 is 5.82. The Balaban J connectivity index is 2.29. The minimum Gasteiger partial charge on any atom is -0.298 e. The average molecular weight is 143 g/mol. The Morgan fingerprint density at radius 3 is 2.78 bits per heavy atom. The number of fused-ring (bicyclic) bond motifs is 1. The van der Waals surface area contributed by atoms with Crippen molar-refractivity contribution >= 4 is 17.9 Å². The molecule has 0 aromatic rings. The van der Waals surface area contributed by atoms with E-state index in [-0.39, 0.29) is 0 Å². The largest absolute Gasteiger partial charge is 0.298 e. The molecule has 2 unspecified atom stereocenters. The molecule has 0 aromatic carbocycles. The molecule has 0 saturated heterocycles. The van der Waals surface area contributed by atoms with Gasteiger partial charge in [0.2, 0.25) is 0 Å². The molecule has 1 saturated carbocycles. The van der Waals surface area contributed by atoms with Gasteiger partial charge in [-0.2, -0.15) is 0 Å². The molecule has 0 aromatic heterocycles. The first-order chi connectivity index (χ1) is 4.33. The van der Waals surface area contributed by atoms with E-state index in [4.69, 9.17) is 11.6 Å². The molecule has 2 rings (SSSR count). The Hall–Kier alpha value is -0.300. The van der Waals surface area contributed by atoms with Crippen LogP contribution in [0.2, 0.25) is 0 Å². The summed E-state index contributed by atoms with van der Waals surface area (Å²) in [4.78, 5) is 10.2. The quantitative estimate of drug-likeness (QED) is 0.510. The summed E-state index contributed by atoms with van der Waals surface area (Å²) in [5, 5.41) is 0.843. The van der Waals surface area contributed by atoms with Crippen LogP contribution in [0.1, 0.15) is 12.8 Å². The van der Waals surface area contributed by atoms with Crippen molar-refractivity contribution in [1.82, 2.24) is 0 Å². The van der Waals surface area contributed by atoms with Crippen LogP contribution in [0.3, 0.4) is 0 Å². The molecule has 2 atom stereocenters. The van der Waals surface area contributed by atoms with Crippen molar-refractivity contribution in [2.45, 2.75) is 12.8 Å². The highest BCUT2D eigenvalue weighted by atomic mass is 35.5. The third-order valence-corrected chi connectivity index (χ3v) is 2.70. The molecule has 2 aliphatic rings. The molecule has 9 heavy (non-hydrogen) atoms. The van der Waals surface area contributed by atoms with Gasteiger partial charge in [-0.3, -0.25) is 4.79 Å². The SMILES string of the molecule is O=CC1=C(Cl)C2CC2C1. The minimum absolute atomic E-state index is 0.576. The molecule has 2 aliphatic carbocycles. The van der Waals surface area contributed by atoms with Gasteiger partial charge in [-0.15, -0.1) is 0 Å². The van der Waals surface area contributed by atoms with E-state index in [0.717, 1.165) is 29.2 Å². The van der Waals surface area contributed by atoms with Crippen LogP contribution in [0.4, 0.5) is 0 Å². The molecule has 1 fully saturated rings. The normalized spacial score (nSPS) is 38.8. The van der Waals surface area contributed by atoms with Crippen LogP contribution >= 0.6 is 11.6 Å². The van der Waals surface area contributed by atoms with Crippen molar-refractivity contribution in [3.05, 3.63) is 10.6 Å². The van der Waals surface area contributed by atoms with Crippen molar-refractivity contribution in [3.63, 3.8) is 0 Å². The van der Waals surface area contributed by atoms with E-state index in [1.165, 1.54) is 6.42 Å². The second-order valence-electron chi connectivity index (χ2n) is 2.80. The van der Waals surface area contributed by atoms with Gasteiger partial charge in [0.05, 0.1) is 0 Å². The van der Waals surface area contributed by atoms with E-state index in [0.29, 0.717) is 5.92 Å². The minimum atomic E-state index is 0.576. The van der Waals surface area contributed by atoms with E-state index in [1.807, 2.05) is 0 Å². The summed E-state index contributed by atoms with van der Waals surface area (Å²) in [6, 6.07) is 0. The van der Waals surface area contributed by atoms with Crippen molar-refractivity contribution in [3.8, 4) is 0 Å². The molecular formula is C7H7ClO. The molecule has 0 aliphatic heterocycles. The molecule has 0 heterocycles. The fraction of sp³-hybridized carbons (Fsp3) is 0.571. The van der Waals surface area contributed by atoms with Crippen molar-refractivity contribution in [2.75, 3.05) is 0 Å². The third kappa shape index (κ3) is 0.645. The van der Waals surface area contributed by atoms with E-state index >= 15 is 0 Å². The lowest BCUT2D eigenvalue weighted by Gasteiger charge is -1.91. The predicted molar refractivity (Wildman–Crippen MR) is 35.2 cm³/mol. The highest BCUT2D eigenvalue weighted by Crippen LogP contribution is 2.55. The number of aldehydes is 1. The first-order valence-corrected chi connectivity index (χ1v) is 3.54. The fourth-order valence-corrected chi connectivity index (χ4v) is 1.90. The van der Waals surface area contributed by atoms with Crippen molar-refractivity contribution < 1.29 is 4.79 Å². The number of hydrogen-bond acceptors (Lipinski definition) is 1. The molecular weight excluding hydrogens is 136 g/mol. The van der Waals surface area contributed by atoms with Crippen LogP contribution in [0.25, 0.3) is 0 Å². The first-order valence-electron chi connectivity index (χ1n) is 3.16.